The standard InChI is InChI=1S/C29H21N3O5/c33-27(20-10-5-2-6-11-20)26-25(19-8-3-1-4-9-19)31(26)29(35)21-14-16-23(17-15-21)30-28(34)22-12-7-13-24(18-22)32(36)37/h1-18,25-26H,(H,30,34)/t25-,26-,31?/m0/s1. The van der Waals surface area contributed by atoms with E-state index < -0.39 is 16.9 Å². The number of carbonyl (C=O) groups is 3. The molecule has 2 amide bonds. The zero-order chi connectivity index (χ0) is 25.9. The zero-order valence-electron chi connectivity index (χ0n) is 19.5. The molecule has 0 spiro atoms. The van der Waals surface area contributed by atoms with Crippen molar-refractivity contribution in [3.05, 3.63) is 142 Å². The minimum absolute atomic E-state index is 0.122. The first-order chi connectivity index (χ1) is 17.9. The van der Waals surface area contributed by atoms with Crippen molar-refractivity contribution in [2.45, 2.75) is 12.1 Å². The van der Waals surface area contributed by atoms with Gasteiger partial charge in [0.15, 0.2) is 5.78 Å². The molecule has 0 bridgehead atoms. The summed E-state index contributed by atoms with van der Waals surface area (Å²) in [6.07, 6.45) is 0. The summed E-state index contributed by atoms with van der Waals surface area (Å²) in [5.74, 6) is -0.922. The molecule has 5 rings (SSSR count). The highest BCUT2D eigenvalue weighted by molar-refractivity contribution is 6.09. The molecule has 1 fully saturated rings. The molecule has 0 unspecified atom stereocenters. The molecular formula is C29H21N3O5. The Balaban J connectivity index is 1.34. The fraction of sp³-hybridized carbons (Fsp3) is 0.0690. The number of nitrogens with one attached hydrogen (secondary N) is 1. The number of hydrogen-bond acceptors (Lipinski definition) is 5. The molecule has 0 aromatic heterocycles. The van der Waals surface area contributed by atoms with Gasteiger partial charge >= 0.3 is 0 Å². The number of ketones is 1. The summed E-state index contributed by atoms with van der Waals surface area (Å²) in [6.45, 7) is 0. The van der Waals surface area contributed by atoms with Gasteiger partial charge in [0.1, 0.15) is 6.04 Å². The van der Waals surface area contributed by atoms with Gasteiger partial charge in [-0.25, -0.2) is 0 Å². The second-order valence-electron chi connectivity index (χ2n) is 8.58. The Labute approximate surface area is 212 Å². The average Bonchev–Trinajstić information content (AvgIpc) is 3.69. The smallest absolute Gasteiger partial charge is 0.270 e. The Morgan fingerprint density at radius 2 is 1.35 bits per heavy atom. The number of nitro groups is 1. The van der Waals surface area contributed by atoms with E-state index in [0.717, 1.165) is 5.56 Å². The van der Waals surface area contributed by atoms with Gasteiger partial charge in [-0.3, -0.25) is 24.5 Å². The summed E-state index contributed by atoms with van der Waals surface area (Å²) in [5.41, 5.74) is 2.19. The van der Waals surface area contributed by atoms with Crippen LogP contribution in [-0.2, 0) is 0 Å². The van der Waals surface area contributed by atoms with Gasteiger partial charge in [0, 0.05) is 34.5 Å². The maximum atomic E-state index is 13.4. The lowest BCUT2D eigenvalue weighted by molar-refractivity contribution is -0.384. The first-order valence-electron chi connectivity index (χ1n) is 11.6. The Bertz CT molecular complexity index is 1490. The number of benzene rings is 4. The van der Waals surface area contributed by atoms with Gasteiger partial charge in [-0.2, -0.15) is 0 Å². The predicted octanol–water partition coefficient (Wildman–Crippen LogP) is 5.30. The minimum atomic E-state index is -0.606. The van der Waals surface area contributed by atoms with Crippen LogP contribution in [0.25, 0.3) is 0 Å². The van der Waals surface area contributed by atoms with E-state index in [1.807, 2.05) is 36.4 Å². The first-order valence-corrected chi connectivity index (χ1v) is 11.6. The number of Topliss-reactive ketones (excluding diaryl/α,β-unsaturated/α-hetero) is 1. The fourth-order valence-corrected chi connectivity index (χ4v) is 4.33. The summed E-state index contributed by atoms with van der Waals surface area (Å²) in [6, 6.07) is 29.1. The molecule has 1 aliphatic heterocycles. The van der Waals surface area contributed by atoms with Gasteiger partial charge in [-0.15, -0.1) is 0 Å². The molecule has 182 valence electrons. The normalized spacial score (nSPS) is 16.1. The lowest BCUT2D eigenvalue weighted by atomic mass is 10.0. The van der Waals surface area contributed by atoms with Crippen molar-refractivity contribution in [2.24, 2.45) is 0 Å². The van der Waals surface area contributed by atoms with Gasteiger partial charge in [0.2, 0.25) is 0 Å². The lowest BCUT2D eigenvalue weighted by Gasteiger charge is -2.08. The van der Waals surface area contributed by atoms with Gasteiger partial charge < -0.3 is 10.2 Å². The SMILES string of the molecule is O=C(Nc1ccc(C(=O)N2[C@H](C(=O)c3ccccc3)[C@@H]2c2ccccc2)cc1)c1cccc([N+](=O)[O-])c1. The highest BCUT2D eigenvalue weighted by atomic mass is 16.6. The molecular weight excluding hydrogens is 470 g/mol. The van der Waals surface area contributed by atoms with Crippen molar-refractivity contribution in [2.75, 3.05) is 5.32 Å². The van der Waals surface area contributed by atoms with E-state index in [4.69, 9.17) is 0 Å². The highest BCUT2D eigenvalue weighted by Gasteiger charge is 2.56. The second-order valence-corrected chi connectivity index (χ2v) is 8.58. The number of carbonyl (C=O) groups excluding carboxylic acids is 3. The average molecular weight is 492 g/mol. The number of nitro benzene ring substituents is 1. The monoisotopic (exact) mass is 491 g/mol. The summed E-state index contributed by atoms with van der Waals surface area (Å²) >= 11 is 0. The fourth-order valence-electron chi connectivity index (χ4n) is 4.33. The molecule has 0 aliphatic carbocycles. The van der Waals surface area contributed by atoms with Gasteiger partial charge in [0.25, 0.3) is 17.5 Å². The van der Waals surface area contributed by atoms with E-state index in [1.54, 1.807) is 53.4 Å². The molecule has 1 aliphatic rings. The quantitative estimate of drug-likeness (QED) is 0.163. The van der Waals surface area contributed by atoms with Crippen LogP contribution in [0.1, 0.15) is 42.7 Å². The van der Waals surface area contributed by atoms with Gasteiger partial charge in [0.05, 0.1) is 11.0 Å². The third-order valence-electron chi connectivity index (χ3n) is 6.22. The summed E-state index contributed by atoms with van der Waals surface area (Å²) in [7, 11) is 0. The van der Waals surface area contributed by atoms with Crippen LogP contribution >= 0.6 is 0 Å². The number of rotatable bonds is 7. The van der Waals surface area contributed by atoms with Crippen LogP contribution in [-0.4, -0.2) is 33.5 Å². The second kappa shape index (κ2) is 9.87. The Kier molecular flexibility index (Phi) is 6.30. The molecule has 8 heteroatoms. The maximum absolute atomic E-state index is 13.4. The van der Waals surface area contributed by atoms with E-state index in [0.29, 0.717) is 16.8 Å². The number of hydrogen-bond donors (Lipinski definition) is 1. The van der Waals surface area contributed by atoms with Crippen molar-refractivity contribution >= 4 is 29.0 Å². The van der Waals surface area contributed by atoms with Crippen LogP contribution in [0, 0.1) is 10.1 Å². The summed E-state index contributed by atoms with van der Waals surface area (Å²) < 4.78 is 0. The molecule has 4 aromatic carbocycles. The third kappa shape index (κ3) is 4.85. The third-order valence-corrected chi connectivity index (χ3v) is 6.22. The van der Waals surface area contributed by atoms with E-state index >= 15 is 0 Å². The molecule has 8 nitrogen and oxygen atoms in total. The van der Waals surface area contributed by atoms with Crippen LogP contribution in [0.15, 0.2) is 109 Å². The zero-order valence-corrected chi connectivity index (χ0v) is 19.5. The molecule has 37 heavy (non-hydrogen) atoms. The largest absolute Gasteiger partial charge is 0.322 e. The Hall–Kier alpha value is -5.11. The molecule has 0 radical (unpaired) electrons. The van der Waals surface area contributed by atoms with Crippen molar-refractivity contribution in [3.63, 3.8) is 0 Å². The van der Waals surface area contributed by atoms with Crippen LogP contribution in [0.5, 0.6) is 0 Å². The van der Waals surface area contributed by atoms with Crippen molar-refractivity contribution < 1.29 is 19.3 Å². The van der Waals surface area contributed by atoms with Crippen LogP contribution in [0.4, 0.5) is 11.4 Å². The minimum Gasteiger partial charge on any atom is -0.322 e. The van der Waals surface area contributed by atoms with Gasteiger partial charge in [-0.1, -0.05) is 66.7 Å². The molecule has 1 N–H and O–H groups in total. The van der Waals surface area contributed by atoms with E-state index in [1.165, 1.54) is 24.3 Å². The Morgan fingerprint density at radius 3 is 2.00 bits per heavy atom. The Morgan fingerprint density at radius 1 is 0.730 bits per heavy atom. The predicted molar refractivity (Wildman–Crippen MR) is 137 cm³/mol. The molecule has 1 heterocycles. The lowest BCUT2D eigenvalue weighted by Crippen LogP contribution is -2.19. The maximum Gasteiger partial charge on any atom is 0.270 e. The number of amides is 2. The topological polar surface area (TPSA) is 109 Å². The molecule has 2 atom stereocenters. The molecule has 0 saturated carbocycles. The van der Waals surface area contributed by atoms with Crippen LogP contribution in [0.3, 0.4) is 0 Å². The van der Waals surface area contributed by atoms with E-state index in [2.05, 4.69) is 5.32 Å². The van der Waals surface area contributed by atoms with Crippen molar-refractivity contribution in [3.8, 4) is 0 Å². The van der Waals surface area contributed by atoms with E-state index in [9.17, 15) is 24.5 Å². The van der Waals surface area contributed by atoms with Gasteiger partial charge in [-0.05, 0) is 35.9 Å². The van der Waals surface area contributed by atoms with Crippen LogP contribution in [0.2, 0.25) is 0 Å². The van der Waals surface area contributed by atoms with E-state index in [-0.39, 0.29) is 29.0 Å². The number of anilines is 1. The highest BCUT2D eigenvalue weighted by Crippen LogP contribution is 2.46. The number of nitrogens with zero attached hydrogens (tertiary/aromatic N) is 2. The molecule has 4 aromatic rings. The summed E-state index contributed by atoms with van der Waals surface area (Å²) in [4.78, 5) is 51.2. The van der Waals surface area contributed by atoms with Crippen molar-refractivity contribution in [1.82, 2.24) is 4.90 Å². The first kappa shape index (κ1) is 23.6. The van der Waals surface area contributed by atoms with Crippen LogP contribution < -0.4 is 5.32 Å². The van der Waals surface area contributed by atoms with Crippen molar-refractivity contribution in [1.29, 1.82) is 0 Å². The summed E-state index contributed by atoms with van der Waals surface area (Å²) in [5, 5.41) is 13.6. The number of non-ortho nitro benzene ring substituents is 1. The molecule has 1 saturated heterocycles.